The highest BCUT2D eigenvalue weighted by Gasteiger charge is 2.48. The second kappa shape index (κ2) is 13.0. The molecule has 2 aliphatic heterocycles. The van der Waals surface area contributed by atoms with E-state index in [-0.39, 0.29) is 5.54 Å². The molecular formula is C22H30F6N4O5. The number of carbonyl (C=O) groups is 3. The first kappa shape index (κ1) is 32.1. The molecule has 3 heterocycles. The van der Waals surface area contributed by atoms with Gasteiger partial charge in [0.1, 0.15) is 5.54 Å². The average Bonchev–Trinajstić information content (AvgIpc) is 2.78. The largest absolute Gasteiger partial charge is 0.490 e. The summed E-state index contributed by atoms with van der Waals surface area (Å²) in [5.74, 6) is -5.18. The van der Waals surface area contributed by atoms with Gasteiger partial charge in [-0.3, -0.25) is 19.6 Å². The van der Waals surface area contributed by atoms with Crippen molar-refractivity contribution in [3.05, 3.63) is 29.6 Å². The van der Waals surface area contributed by atoms with Gasteiger partial charge < -0.3 is 15.1 Å². The Hall–Kier alpha value is -2.94. The molecule has 1 aromatic heterocycles. The number of carboxylic acid groups (broad SMARTS) is 2. The van der Waals surface area contributed by atoms with Gasteiger partial charge in [0, 0.05) is 45.0 Å². The van der Waals surface area contributed by atoms with E-state index in [2.05, 4.69) is 40.9 Å². The predicted octanol–water partition coefficient (Wildman–Crippen LogP) is 2.79. The van der Waals surface area contributed by atoms with E-state index in [1.807, 2.05) is 17.9 Å². The molecule has 2 saturated heterocycles. The van der Waals surface area contributed by atoms with E-state index in [1.165, 1.54) is 0 Å². The van der Waals surface area contributed by atoms with Gasteiger partial charge in [-0.05, 0) is 45.9 Å². The van der Waals surface area contributed by atoms with Gasteiger partial charge in [-0.1, -0.05) is 6.07 Å². The fourth-order valence-corrected chi connectivity index (χ4v) is 3.94. The molecule has 210 valence electrons. The van der Waals surface area contributed by atoms with Crippen molar-refractivity contribution in [2.75, 3.05) is 39.8 Å². The summed E-state index contributed by atoms with van der Waals surface area (Å²) in [5.41, 5.74) is 1.92. The molecule has 2 N–H and O–H groups in total. The zero-order valence-corrected chi connectivity index (χ0v) is 20.6. The zero-order valence-electron chi connectivity index (χ0n) is 20.6. The van der Waals surface area contributed by atoms with Crippen LogP contribution in [0, 0.1) is 6.92 Å². The SMILES string of the molecule is CCN1CCN(C)C2(CCN(Cc3cccc(C)n3)CC2)C1=O.O=C(O)C(F)(F)F.O=C(O)C(F)(F)F. The van der Waals surface area contributed by atoms with Gasteiger partial charge in [0.2, 0.25) is 5.91 Å². The lowest BCUT2D eigenvalue weighted by atomic mass is 9.82. The van der Waals surface area contributed by atoms with Crippen molar-refractivity contribution in [2.45, 2.75) is 51.1 Å². The first-order valence-electron chi connectivity index (χ1n) is 11.2. The Morgan fingerprint density at radius 2 is 1.46 bits per heavy atom. The Kier molecular flexibility index (Phi) is 11.3. The van der Waals surface area contributed by atoms with Crippen LogP contribution in [-0.2, 0) is 20.9 Å². The Morgan fingerprint density at radius 1 is 0.973 bits per heavy atom. The van der Waals surface area contributed by atoms with E-state index in [9.17, 15) is 31.1 Å². The Labute approximate surface area is 209 Å². The number of alkyl halides is 6. The van der Waals surface area contributed by atoms with Gasteiger partial charge in [0.05, 0.1) is 5.69 Å². The van der Waals surface area contributed by atoms with Crippen LogP contribution >= 0.6 is 0 Å². The normalized spacial score (nSPS) is 18.4. The van der Waals surface area contributed by atoms with Crippen molar-refractivity contribution < 1.29 is 50.9 Å². The maximum Gasteiger partial charge on any atom is 0.490 e. The molecular weight excluding hydrogens is 514 g/mol. The molecule has 0 unspecified atom stereocenters. The molecule has 0 aromatic carbocycles. The summed E-state index contributed by atoms with van der Waals surface area (Å²) in [6.07, 6.45) is -8.32. The number of hydrogen-bond acceptors (Lipinski definition) is 6. The van der Waals surface area contributed by atoms with Crippen LogP contribution in [0.15, 0.2) is 18.2 Å². The number of aliphatic carboxylic acids is 2. The molecule has 0 radical (unpaired) electrons. The summed E-state index contributed by atoms with van der Waals surface area (Å²) < 4.78 is 63.5. The highest BCUT2D eigenvalue weighted by Crippen LogP contribution is 2.33. The molecule has 1 aromatic rings. The number of rotatable bonds is 3. The van der Waals surface area contributed by atoms with Crippen LogP contribution in [0.2, 0.25) is 0 Å². The summed E-state index contributed by atoms with van der Waals surface area (Å²) in [6, 6.07) is 6.19. The van der Waals surface area contributed by atoms with Crippen molar-refractivity contribution in [1.82, 2.24) is 19.7 Å². The van der Waals surface area contributed by atoms with Gasteiger partial charge in [0.25, 0.3) is 0 Å². The number of carboxylic acids is 2. The number of likely N-dealkylation sites (tertiary alicyclic amines) is 1. The van der Waals surface area contributed by atoms with Crippen LogP contribution < -0.4 is 0 Å². The molecule has 15 heteroatoms. The minimum Gasteiger partial charge on any atom is -0.475 e. The number of halogens is 6. The maximum absolute atomic E-state index is 12.9. The number of carbonyl (C=O) groups excluding carboxylic acids is 1. The van der Waals surface area contributed by atoms with E-state index >= 15 is 0 Å². The minimum absolute atomic E-state index is 0.273. The van der Waals surface area contributed by atoms with Gasteiger partial charge in [-0.2, -0.15) is 26.3 Å². The lowest BCUT2D eigenvalue weighted by Gasteiger charge is -2.51. The molecule has 0 bridgehead atoms. The minimum atomic E-state index is -5.08. The third kappa shape index (κ3) is 9.46. The summed E-state index contributed by atoms with van der Waals surface area (Å²) in [7, 11) is 2.11. The number of nitrogens with zero attached hydrogens (tertiary/aromatic N) is 4. The van der Waals surface area contributed by atoms with Crippen molar-refractivity contribution in [3.8, 4) is 0 Å². The van der Waals surface area contributed by atoms with Crippen LogP contribution in [0.4, 0.5) is 26.3 Å². The second-order valence-electron chi connectivity index (χ2n) is 8.49. The molecule has 3 rings (SSSR count). The number of hydrogen-bond donors (Lipinski definition) is 2. The quantitative estimate of drug-likeness (QED) is 0.559. The topological polar surface area (TPSA) is 114 Å². The summed E-state index contributed by atoms with van der Waals surface area (Å²) in [6.45, 7) is 9.59. The van der Waals surface area contributed by atoms with Crippen LogP contribution in [0.5, 0.6) is 0 Å². The van der Waals surface area contributed by atoms with Crippen molar-refractivity contribution in [2.24, 2.45) is 0 Å². The van der Waals surface area contributed by atoms with Crippen LogP contribution in [0.1, 0.15) is 31.2 Å². The number of piperidine rings is 1. The number of pyridine rings is 1. The van der Waals surface area contributed by atoms with Crippen LogP contribution in [0.3, 0.4) is 0 Å². The molecule has 1 spiro atoms. The molecule has 0 atom stereocenters. The summed E-state index contributed by atoms with van der Waals surface area (Å²) in [5, 5.41) is 14.2. The molecule has 2 fully saturated rings. The number of piperazine rings is 1. The lowest BCUT2D eigenvalue weighted by Crippen LogP contribution is -2.67. The smallest absolute Gasteiger partial charge is 0.475 e. The number of aromatic nitrogens is 1. The molecule has 9 nitrogen and oxygen atoms in total. The summed E-state index contributed by atoms with van der Waals surface area (Å²) >= 11 is 0. The van der Waals surface area contributed by atoms with Gasteiger partial charge in [-0.25, -0.2) is 9.59 Å². The van der Waals surface area contributed by atoms with Gasteiger partial charge in [0.15, 0.2) is 0 Å². The lowest BCUT2D eigenvalue weighted by molar-refractivity contribution is -0.193. The zero-order chi connectivity index (χ0) is 28.6. The Balaban J connectivity index is 0.000000404. The molecule has 0 aliphatic carbocycles. The van der Waals surface area contributed by atoms with Gasteiger partial charge in [-0.15, -0.1) is 0 Å². The average molecular weight is 544 g/mol. The molecule has 0 saturated carbocycles. The van der Waals surface area contributed by atoms with E-state index in [1.54, 1.807) is 0 Å². The second-order valence-corrected chi connectivity index (χ2v) is 8.49. The van der Waals surface area contributed by atoms with Crippen LogP contribution in [0.25, 0.3) is 0 Å². The third-order valence-electron chi connectivity index (χ3n) is 6.00. The number of aryl methyl sites for hydroxylation is 1. The van der Waals surface area contributed by atoms with Crippen LogP contribution in [-0.4, -0.2) is 105 Å². The first-order chi connectivity index (χ1) is 16.9. The van der Waals surface area contributed by atoms with E-state index in [0.29, 0.717) is 5.91 Å². The monoisotopic (exact) mass is 544 g/mol. The third-order valence-corrected chi connectivity index (χ3v) is 6.00. The van der Waals surface area contributed by atoms with Crippen molar-refractivity contribution in [1.29, 1.82) is 0 Å². The number of amides is 1. The highest BCUT2D eigenvalue weighted by molar-refractivity contribution is 5.87. The van der Waals surface area contributed by atoms with Crippen molar-refractivity contribution in [3.63, 3.8) is 0 Å². The van der Waals surface area contributed by atoms with E-state index < -0.39 is 24.3 Å². The van der Waals surface area contributed by atoms with E-state index in [0.717, 1.165) is 63.5 Å². The molecule has 2 aliphatic rings. The summed E-state index contributed by atoms with van der Waals surface area (Å²) in [4.78, 5) is 42.0. The Bertz CT molecular complexity index is 909. The fourth-order valence-electron chi connectivity index (χ4n) is 3.94. The first-order valence-corrected chi connectivity index (χ1v) is 11.2. The maximum atomic E-state index is 12.9. The van der Waals surface area contributed by atoms with Crippen molar-refractivity contribution >= 4 is 17.8 Å². The Morgan fingerprint density at radius 3 is 1.86 bits per heavy atom. The van der Waals surface area contributed by atoms with Gasteiger partial charge >= 0.3 is 24.3 Å². The standard InChI is InChI=1S/C18H28N4O.2C2HF3O2/c1-4-22-13-12-20(3)18(17(22)23)8-10-21(11-9-18)14-16-7-5-6-15(2)19-16;2*3-2(4,5)1(6)7/h5-7H,4,8-14H2,1-3H3;2*(H,6,7). The highest BCUT2D eigenvalue weighted by atomic mass is 19.4. The van der Waals surface area contributed by atoms with E-state index in [4.69, 9.17) is 19.8 Å². The predicted molar refractivity (Wildman–Crippen MR) is 118 cm³/mol. The molecule has 37 heavy (non-hydrogen) atoms. The number of likely N-dealkylation sites (N-methyl/N-ethyl adjacent to an activating group) is 2. The molecule has 1 amide bonds. The fraction of sp³-hybridized carbons (Fsp3) is 0.636.